The van der Waals surface area contributed by atoms with Crippen LogP contribution in [0.1, 0.15) is 37.2 Å². The quantitative estimate of drug-likeness (QED) is 0.870. The number of aromatic amines is 1. The van der Waals surface area contributed by atoms with Gasteiger partial charge < -0.3 is 19.9 Å². The summed E-state index contributed by atoms with van der Waals surface area (Å²) in [5.74, 6) is 1.68. The number of nitrogens with zero attached hydrogens (tertiary/aromatic N) is 3. The van der Waals surface area contributed by atoms with E-state index in [9.17, 15) is 0 Å². The van der Waals surface area contributed by atoms with Crippen molar-refractivity contribution in [3.8, 4) is 0 Å². The fraction of sp³-hybridized carbons (Fsp3) is 0.647. The van der Waals surface area contributed by atoms with E-state index < -0.39 is 0 Å². The Bertz CT molecular complexity index is 702. The lowest BCUT2D eigenvalue weighted by Gasteiger charge is -2.34. The molecule has 0 radical (unpaired) electrons. The summed E-state index contributed by atoms with van der Waals surface area (Å²) in [4.78, 5) is 15.0. The number of aromatic nitrogens is 3. The first-order chi connectivity index (χ1) is 11.4. The second-order valence-electron chi connectivity index (χ2n) is 7.09. The minimum absolute atomic E-state index is 0. The van der Waals surface area contributed by atoms with Crippen molar-refractivity contribution in [2.24, 2.45) is 0 Å². The zero-order valence-electron chi connectivity index (χ0n) is 13.7. The van der Waals surface area contributed by atoms with E-state index in [0.717, 1.165) is 50.6 Å². The number of ether oxygens (including phenoxy) is 1. The molecule has 0 aromatic carbocycles. The van der Waals surface area contributed by atoms with Crippen molar-refractivity contribution < 1.29 is 4.74 Å². The van der Waals surface area contributed by atoms with Gasteiger partial charge in [0.25, 0.3) is 0 Å². The molecule has 2 unspecified atom stereocenters. The van der Waals surface area contributed by atoms with Gasteiger partial charge in [0, 0.05) is 44.6 Å². The molecule has 7 heteroatoms. The Hall–Kier alpha value is -1.37. The van der Waals surface area contributed by atoms with E-state index in [1.165, 1.54) is 23.8 Å². The van der Waals surface area contributed by atoms with E-state index >= 15 is 0 Å². The molecule has 0 spiro atoms. The molecule has 6 nitrogen and oxygen atoms in total. The first kappa shape index (κ1) is 16.1. The third kappa shape index (κ3) is 2.66. The smallest absolute Gasteiger partial charge is 0.143 e. The normalized spacial score (nSPS) is 27.4. The fourth-order valence-electron chi connectivity index (χ4n) is 4.51. The number of anilines is 1. The molecule has 3 aliphatic rings. The van der Waals surface area contributed by atoms with Crippen molar-refractivity contribution in [1.82, 2.24) is 20.3 Å². The summed E-state index contributed by atoms with van der Waals surface area (Å²) < 4.78 is 5.53. The van der Waals surface area contributed by atoms with E-state index in [2.05, 4.69) is 26.4 Å². The van der Waals surface area contributed by atoms with E-state index in [1.54, 1.807) is 6.33 Å². The van der Waals surface area contributed by atoms with Crippen molar-refractivity contribution in [3.05, 3.63) is 18.1 Å². The summed E-state index contributed by atoms with van der Waals surface area (Å²) >= 11 is 0. The van der Waals surface area contributed by atoms with Gasteiger partial charge in [-0.2, -0.15) is 0 Å². The Morgan fingerprint density at radius 3 is 2.54 bits per heavy atom. The van der Waals surface area contributed by atoms with Gasteiger partial charge in [-0.05, 0) is 37.2 Å². The van der Waals surface area contributed by atoms with Gasteiger partial charge in [-0.3, -0.25) is 0 Å². The van der Waals surface area contributed by atoms with Gasteiger partial charge in [-0.15, -0.1) is 12.4 Å². The summed E-state index contributed by atoms with van der Waals surface area (Å²) in [5.41, 5.74) is 2.35. The van der Waals surface area contributed by atoms with Crippen molar-refractivity contribution in [1.29, 1.82) is 0 Å². The molecule has 3 aliphatic heterocycles. The molecular weight excluding hydrogens is 326 g/mol. The molecule has 2 aromatic heterocycles. The maximum atomic E-state index is 5.53. The highest BCUT2D eigenvalue weighted by Gasteiger charge is 2.34. The standard InChI is InChI=1S/C17H23N5O.ClH/c1-2-13-9-22(8-12(1)21-13)17-15-14(11-3-5-23-6-4-11)7-18-16(15)19-10-20-17;/h7,10-13,21H,1-6,8-9H2,(H,18,19,20);1H. The van der Waals surface area contributed by atoms with Crippen LogP contribution in [0.4, 0.5) is 5.82 Å². The fourth-order valence-corrected chi connectivity index (χ4v) is 4.51. The van der Waals surface area contributed by atoms with Crippen LogP contribution in [0.3, 0.4) is 0 Å². The van der Waals surface area contributed by atoms with Gasteiger partial charge in [0.2, 0.25) is 0 Å². The Morgan fingerprint density at radius 1 is 1.04 bits per heavy atom. The van der Waals surface area contributed by atoms with Gasteiger partial charge in [0.1, 0.15) is 17.8 Å². The predicted octanol–water partition coefficient (Wildman–Crippen LogP) is 2.21. The Kier molecular flexibility index (Phi) is 4.37. The van der Waals surface area contributed by atoms with Gasteiger partial charge >= 0.3 is 0 Å². The number of nitrogens with one attached hydrogen (secondary N) is 2. The van der Waals surface area contributed by atoms with Crippen molar-refractivity contribution in [2.75, 3.05) is 31.2 Å². The third-order valence-corrected chi connectivity index (χ3v) is 5.66. The number of hydrogen-bond acceptors (Lipinski definition) is 5. The van der Waals surface area contributed by atoms with Crippen LogP contribution in [0.5, 0.6) is 0 Å². The first-order valence-corrected chi connectivity index (χ1v) is 8.79. The summed E-state index contributed by atoms with van der Waals surface area (Å²) in [7, 11) is 0. The minimum Gasteiger partial charge on any atom is -0.381 e. The van der Waals surface area contributed by atoms with Crippen LogP contribution in [0.25, 0.3) is 11.0 Å². The van der Waals surface area contributed by atoms with Crippen LogP contribution in [-0.4, -0.2) is 53.3 Å². The molecule has 5 heterocycles. The summed E-state index contributed by atoms with van der Waals surface area (Å²) in [6.07, 6.45) is 8.61. The number of H-pyrrole nitrogens is 1. The maximum absolute atomic E-state index is 5.53. The van der Waals surface area contributed by atoms with Crippen molar-refractivity contribution in [3.63, 3.8) is 0 Å². The maximum Gasteiger partial charge on any atom is 0.143 e. The molecule has 2 aromatic rings. The zero-order valence-corrected chi connectivity index (χ0v) is 14.5. The monoisotopic (exact) mass is 349 g/mol. The van der Waals surface area contributed by atoms with Gasteiger partial charge in [0.15, 0.2) is 0 Å². The van der Waals surface area contributed by atoms with E-state index in [-0.39, 0.29) is 12.4 Å². The van der Waals surface area contributed by atoms with Gasteiger partial charge in [-0.25, -0.2) is 9.97 Å². The lowest BCUT2D eigenvalue weighted by atomic mass is 9.92. The van der Waals surface area contributed by atoms with Crippen molar-refractivity contribution >= 4 is 29.3 Å². The highest BCUT2D eigenvalue weighted by Crippen LogP contribution is 2.37. The Labute approximate surface area is 147 Å². The number of halogens is 1. The third-order valence-electron chi connectivity index (χ3n) is 5.66. The van der Waals surface area contributed by atoms with Crippen LogP contribution >= 0.6 is 12.4 Å². The average Bonchev–Trinajstić information content (AvgIpc) is 3.18. The first-order valence-electron chi connectivity index (χ1n) is 8.79. The minimum atomic E-state index is 0. The molecule has 0 saturated carbocycles. The van der Waals surface area contributed by atoms with Gasteiger partial charge in [0.05, 0.1) is 5.39 Å². The molecule has 5 rings (SSSR count). The highest BCUT2D eigenvalue weighted by atomic mass is 35.5. The lowest BCUT2D eigenvalue weighted by Crippen LogP contribution is -2.51. The molecule has 0 amide bonds. The van der Waals surface area contributed by atoms with E-state index in [0.29, 0.717) is 18.0 Å². The molecule has 3 saturated heterocycles. The number of hydrogen-bond donors (Lipinski definition) is 2. The zero-order chi connectivity index (χ0) is 15.2. The molecule has 2 bridgehead atoms. The Balaban J connectivity index is 0.00000146. The molecule has 130 valence electrons. The van der Waals surface area contributed by atoms with Crippen LogP contribution in [-0.2, 0) is 4.74 Å². The van der Waals surface area contributed by atoms with Gasteiger partial charge in [-0.1, -0.05) is 0 Å². The molecule has 2 atom stereocenters. The number of fused-ring (bicyclic) bond motifs is 3. The second-order valence-corrected chi connectivity index (χ2v) is 7.09. The lowest BCUT2D eigenvalue weighted by molar-refractivity contribution is 0.0856. The SMILES string of the molecule is Cl.c1nc(N2CC3CCC(C2)N3)c2c(C3CCOCC3)c[nH]c2n1. The summed E-state index contributed by atoms with van der Waals surface area (Å²) in [6, 6.07) is 1.23. The topological polar surface area (TPSA) is 66.1 Å². The highest BCUT2D eigenvalue weighted by molar-refractivity contribution is 5.91. The molecule has 3 fully saturated rings. The van der Waals surface area contributed by atoms with Crippen LogP contribution < -0.4 is 10.2 Å². The summed E-state index contributed by atoms with van der Waals surface area (Å²) in [6.45, 7) is 3.83. The molecule has 24 heavy (non-hydrogen) atoms. The van der Waals surface area contributed by atoms with Crippen LogP contribution in [0.2, 0.25) is 0 Å². The number of piperazine rings is 1. The predicted molar refractivity (Wildman–Crippen MR) is 96.1 cm³/mol. The second kappa shape index (κ2) is 6.50. The number of rotatable bonds is 2. The average molecular weight is 350 g/mol. The molecule has 0 aliphatic carbocycles. The van der Waals surface area contributed by atoms with E-state index in [1.807, 2.05) is 0 Å². The molecular formula is C17H24ClN5O. The summed E-state index contributed by atoms with van der Waals surface area (Å²) in [5, 5.41) is 4.94. The Morgan fingerprint density at radius 2 is 1.79 bits per heavy atom. The van der Waals surface area contributed by atoms with E-state index in [4.69, 9.17) is 9.72 Å². The molecule has 2 N–H and O–H groups in total. The van der Waals surface area contributed by atoms with Crippen LogP contribution in [0, 0.1) is 0 Å². The largest absolute Gasteiger partial charge is 0.381 e. The van der Waals surface area contributed by atoms with Crippen molar-refractivity contribution in [2.45, 2.75) is 43.7 Å². The van der Waals surface area contributed by atoms with Crippen LogP contribution in [0.15, 0.2) is 12.5 Å².